The van der Waals surface area contributed by atoms with E-state index in [0.717, 1.165) is 17.7 Å². The van der Waals surface area contributed by atoms with Gasteiger partial charge in [-0.05, 0) is 29.8 Å². The van der Waals surface area contributed by atoms with Crippen molar-refractivity contribution in [1.82, 2.24) is 4.72 Å². The van der Waals surface area contributed by atoms with Crippen LogP contribution in [0.3, 0.4) is 0 Å². The molecule has 0 aliphatic rings. The number of nitrogens with one attached hydrogen (secondary N) is 2. The largest absolute Gasteiger partial charge is 0.573 e. The Bertz CT molecular complexity index is 886. The number of alkyl halides is 3. The summed E-state index contributed by atoms with van der Waals surface area (Å²) in [6, 6.07) is 13.9. The molecule has 0 heterocycles. The first kappa shape index (κ1) is 21.5. The van der Waals surface area contributed by atoms with Crippen LogP contribution >= 0.6 is 0 Å². The number of anilines is 1. The number of nitrogens with two attached hydrogens (primary N) is 1. The Balaban J connectivity index is 1.80. The number of aliphatic imine (C=N–C) groups is 1. The molecule has 0 amide bonds. The number of sulfonamides is 1. The van der Waals surface area contributed by atoms with Crippen molar-refractivity contribution in [2.75, 3.05) is 17.6 Å². The number of guanidine groups is 1. The highest BCUT2D eigenvalue weighted by atomic mass is 32.2. The molecule has 7 nitrogen and oxygen atoms in total. The van der Waals surface area contributed by atoms with Crippen LogP contribution in [0.2, 0.25) is 0 Å². The summed E-state index contributed by atoms with van der Waals surface area (Å²) in [6.45, 7) is 0.0885. The second-order valence-corrected chi connectivity index (χ2v) is 7.52. The lowest BCUT2D eigenvalue weighted by atomic mass is 10.2. The van der Waals surface area contributed by atoms with Gasteiger partial charge >= 0.3 is 6.36 Å². The molecule has 0 atom stereocenters. The number of hydrogen-bond acceptors (Lipinski definition) is 4. The van der Waals surface area contributed by atoms with E-state index in [1.54, 1.807) is 12.1 Å². The molecule has 0 spiro atoms. The Hall–Kier alpha value is -2.79. The van der Waals surface area contributed by atoms with Crippen LogP contribution < -0.4 is 20.5 Å². The Kier molecular flexibility index (Phi) is 7.24. The standard InChI is InChI=1S/C17H19F3N4O3S/c18-17(19,20)27-15-8-6-14(7-9-15)24-16(21)22-10-11-28(25,26)23-12-13-4-2-1-3-5-13/h1-9,23H,10-12H2,(H3,21,22,24). The SMILES string of the molecule is NC(=NCCS(=O)(=O)NCc1ccccc1)Nc1ccc(OC(F)(F)F)cc1. The molecular formula is C17H19F3N4O3S. The molecule has 0 saturated carbocycles. The summed E-state index contributed by atoms with van der Waals surface area (Å²) in [5.74, 6) is -0.701. The van der Waals surface area contributed by atoms with Gasteiger partial charge in [0.2, 0.25) is 10.0 Å². The fourth-order valence-electron chi connectivity index (χ4n) is 2.07. The monoisotopic (exact) mass is 416 g/mol. The van der Waals surface area contributed by atoms with E-state index in [9.17, 15) is 21.6 Å². The summed E-state index contributed by atoms with van der Waals surface area (Å²) >= 11 is 0. The lowest BCUT2D eigenvalue weighted by Crippen LogP contribution is -2.28. The molecule has 28 heavy (non-hydrogen) atoms. The lowest BCUT2D eigenvalue weighted by Gasteiger charge is -2.10. The first-order chi connectivity index (χ1) is 13.1. The zero-order valence-corrected chi connectivity index (χ0v) is 15.4. The Morgan fingerprint density at radius 2 is 1.71 bits per heavy atom. The maximum absolute atomic E-state index is 12.1. The number of rotatable bonds is 8. The molecule has 0 unspecified atom stereocenters. The highest BCUT2D eigenvalue weighted by Gasteiger charge is 2.30. The average molecular weight is 416 g/mol. The third-order valence-electron chi connectivity index (χ3n) is 3.34. The van der Waals surface area contributed by atoms with E-state index in [2.05, 4.69) is 19.8 Å². The minimum absolute atomic E-state index is 0.0669. The molecule has 2 aromatic carbocycles. The fourth-order valence-corrected chi connectivity index (χ4v) is 2.94. The van der Waals surface area contributed by atoms with Crippen LogP contribution in [-0.2, 0) is 16.6 Å². The van der Waals surface area contributed by atoms with Crippen LogP contribution in [-0.4, -0.2) is 33.0 Å². The van der Waals surface area contributed by atoms with Gasteiger partial charge in [-0.3, -0.25) is 4.99 Å². The van der Waals surface area contributed by atoms with Crippen LogP contribution in [0.25, 0.3) is 0 Å². The number of ether oxygens (including phenoxy) is 1. The molecule has 2 aromatic rings. The predicted molar refractivity (Wildman–Crippen MR) is 100 cm³/mol. The molecule has 0 fully saturated rings. The molecule has 0 bridgehead atoms. The van der Waals surface area contributed by atoms with Crippen LogP contribution in [0.15, 0.2) is 59.6 Å². The van der Waals surface area contributed by atoms with Crippen molar-refractivity contribution in [3.8, 4) is 5.75 Å². The minimum atomic E-state index is -4.77. The normalized spacial score (nSPS) is 12.6. The van der Waals surface area contributed by atoms with Crippen molar-refractivity contribution in [3.63, 3.8) is 0 Å². The predicted octanol–water partition coefficient (Wildman–Crippen LogP) is 2.43. The van der Waals surface area contributed by atoms with E-state index in [0.29, 0.717) is 5.69 Å². The minimum Gasteiger partial charge on any atom is -0.406 e. The highest BCUT2D eigenvalue weighted by Crippen LogP contribution is 2.23. The zero-order chi connectivity index (χ0) is 20.6. The molecule has 4 N–H and O–H groups in total. The van der Waals surface area contributed by atoms with Gasteiger partial charge in [0.05, 0.1) is 12.3 Å². The van der Waals surface area contributed by atoms with Gasteiger partial charge in [0.1, 0.15) is 5.75 Å². The third-order valence-corrected chi connectivity index (χ3v) is 4.65. The van der Waals surface area contributed by atoms with Gasteiger partial charge < -0.3 is 15.8 Å². The molecular weight excluding hydrogens is 397 g/mol. The van der Waals surface area contributed by atoms with Crippen molar-refractivity contribution in [2.24, 2.45) is 10.7 Å². The van der Waals surface area contributed by atoms with Crippen molar-refractivity contribution in [3.05, 3.63) is 60.2 Å². The van der Waals surface area contributed by atoms with Crippen LogP contribution in [0.4, 0.5) is 18.9 Å². The van der Waals surface area contributed by atoms with E-state index in [4.69, 9.17) is 5.73 Å². The molecule has 152 valence electrons. The van der Waals surface area contributed by atoms with Crippen molar-refractivity contribution < 1.29 is 26.3 Å². The van der Waals surface area contributed by atoms with E-state index >= 15 is 0 Å². The number of nitrogens with zero attached hydrogens (tertiary/aromatic N) is 1. The zero-order valence-electron chi connectivity index (χ0n) is 14.6. The van der Waals surface area contributed by atoms with E-state index < -0.39 is 16.4 Å². The van der Waals surface area contributed by atoms with Gasteiger partial charge in [0.25, 0.3) is 0 Å². The molecule has 0 aromatic heterocycles. The summed E-state index contributed by atoms with van der Waals surface area (Å²) in [5, 5.41) is 2.65. The van der Waals surface area contributed by atoms with Gasteiger partial charge in [-0.25, -0.2) is 13.1 Å². The maximum Gasteiger partial charge on any atom is 0.573 e. The summed E-state index contributed by atoms with van der Waals surface area (Å²) in [4.78, 5) is 3.89. The molecule has 0 radical (unpaired) electrons. The smallest absolute Gasteiger partial charge is 0.406 e. The molecule has 2 rings (SSSR count). The van der Waals surface area contributed by atoms with Crippen molar-refractivity contribution in [1.29, 1.82) is 0 Å². The van der Waals surface area contributed by atoms with Gasteiger partial charge in [-0.1, -0.05) is 30.3 Å². The number of hydrogen-bond donors (Lipinski definition) is 3. The maximum atomic E-state index is 12.1. The number of benzene rings is 2. The van der Waals surface area contributed by atoms with Crippen LogP contribution in [0.1, 0.15) is 5.56 Å². The quantitative estimate of drug-likeness (QED) is 0.453. The summed E-state index contributed by atoms with van der Waals surface area (Å²) in [6.07, 6.45) is -4.77. The average Bonchev–Trinajstić information content (AvgIpc) is 2.61. The Labute approximate surface area is 160 Å². The van der Waals surface area contributed by atoms with Crippen molar-refractivity contribution >= 4 is 21.7 Å². The van der Waals surface area contributed by atoms with E-state index in [1.807, 2.05) is 18.2 Å². The number of halogens is 3. The topological polar surface area (TPSA) is 106 Å². The first-order valence-corrected chi connectivity index (χ1v) is 9.72. The van der Waals surface area contributed by atoms with Gasteiger partial charge in [-0.15, -0.1) is 13.2 Å². The van der Waals surface area contributed by atoms with E-state index in [-0.39, 0.29) is 30.6 Å². The van der Waals surface area contributed by atoms with Crippen LogP contribution in [0, 0.1) is 0 Å². The first-order valence-electron chi connectivity index (χ1n) is 8.07. The van der Waals surface area contributed by atoms with Gasteiger partial charge in [0.15, 0.2) is 5.96 Å². The van der Waals surface area contributed by atoms with E-state index in [1.165, 1.54) is 12.1 Å². The summed E-state index contributed by atoms with van der Waals surface area (Å²) in [5.41, 5.74) is 6.86. The highest BCUT2D eigenvalue weighted by molar-refractivity contribution is 7.89. The second kappa shape index (κ2) is 9.42. The second-order valence-electron chi connectivity index (χ2n) is 5.59. The Morgan fingerprint density at radius 1 is 1.07 bits per heavy atom. The third kappa shape index (κ3) is 8.27. The molecule has 0 aliphatic heterocycles. The molecule has 11 heteroatoms. The molecule has 0 saturated heterocycles. The van der Waals surface area contributed by atoms with Gasteiger partial charge in [0, 0.05) is 12.2 Å². The Morgan fingerprint density at radius 3 is 2.32 bits per heavy atom. The fraction of sp³-hybridized carbons (Fsp3) is 0.235. The van der Waals surface area contributed by atoms with Crippen LogP contribution in [0.5, 0.6) is 5.75 Å². The summed E-state index contributed by atoms with van der Waals surface area (Å²) in [7, 11) is -3.53. The van der Waals surface area contributed by atoms with Gasteiger partial charge in [-0.2, -0.15) is 0 Å². The molecule has 0 aliphatic carbocycles. The summed E-state index contributed by atoms with van der Waals surface area (Å²) < 4.78 is 66.4. The van der Waals surface area contributed by atoms with Crippen molar-refractivity contribution in [2.45, 2.75) is 12.9 Å². The lowest BCUT2D eigenvalue weighted by molar-refractivity contribution is -0.274.